The van der Waals surface area contributed by atoms with Gasteiger partial charge in [0.25, 0.3) is 6.43 Å². The lowest BCUT2D eigenvalue weighted by Crippen LogP contribution is -2.49. The van der Waals surface area contributed by atoms with E-state index in [0.717, 1.165) is 16.3 Å². The molecule has 0 radical (unpaired) electrons. The van der Waals surface area contributed by atoms with Crippen LogP contribution in [0, 0.1) is 0 Å². The van der Waals surface area contributed by atoms with Gasteiger partial charge in [0.2, 0.25) is 10.9 Å². The first-order valence-corrected chi connectivity index (χ1v) is 7.81. The van der Waals surface area contributed by atoms with Crippen LogP contribution in [-0.4, -0.2) is 41.0 Å². The molecule has 1 atom stereocenters. The van der Waals surface area contributed by atoms with Crippen LogP contribution in [0.3, 0.4) is 0 Å². The SMILES string of the molecule is COC(=O)c1csc(N2N=C(c3ccccc3)CC2(O)C(F)F)n1. The molecule has 1 aliphatic rings. The van der Waals surface area contributed by atoms with Crippen LogP contribution in [0.25, 0.3) is 0 Å². The van der Waals surface area contributed by atoms with Gasteiger partial charge in [-0.05, 0) is 5.56 Å². The van der Waals surface area contributed by atoms with E-state index in [4.69, 9.17) is 0 Å². The van der Waals surface area contributed by atoms with Gasteiger partial charge >= 0.3 is 5.97 Å². The molecule has 0 saturated heterocycles. The lowest BCUT2D eigenvalue weighted by Gasteiger charge is -2.29. The number of methoxy groups -OCH3 is 1. The minimum absolute atomic E-state index is 0.0101. The zero-order valence-electron chi connectivity index (χ0n) is 12.5. The molecule has 2 aromatic rings. The second-order valence-corrected chi connectivity index (χ2v) is 5.92. The van der Waals surface area contributed by atoms with Crippen LogP contribution in [0.2, 0.25) is 0 Å². The van der Waals surface area contributed by atoms with Crippen molar-refractivity contribution in [1.29, 1.82) is 0 Å². The van der Waals surface area contributed by atoms with E-state index in [9.17, 15) is 18.7 Å². The van der Waals surface area contributed by atoms with Crippen LogP contribution in [0.4, 0.5) is 13.9 Å². The lowest BCUT2D eigenvalue weighted by molar-refractivity contribution is -0.0867. The smallest absolute Gasteiger partial charge is 0.357 e. The van der Waals surface area contributed by atoms with Gasteiger partial charge in [0.1, 0.15) is 0 Å². The van der Waals surface area contributed by atoms with Gasteiger partial charge in [0.15, 0.2) is 5.69 Å². The molecule has 2 heterocycles. The third-order valence-corrected chi connectivity index (χ3v) is 4.36. The van der Waals surface area contributed by atoms with Crippen LogP contribution in [0.5, 0.6) is 0 Å². The molecule has 24 heavy (non-hydrogen) atoms. The summed E-state index contributed by atoms with van der Waals surface area (Å²) < 4.78 is 31.5. The molecule has 1 aromatic carbocycles. The Morgan fingerprint density at radius 2 is 2.12 bits per heavy atom. The first-order chi connectivity index (χ1) is 11.5. The molecule has 1 aromatic heterocycles. The van der Waals surface area contributed by atoms with Crippen molar-refractivity contribution in [3.8, 4) is 0 Å². The number of hydrazone groups is 1. The topological polar surface area (TPSA) is 75.0 Å². The summed E-state index contributed by atoms with van der Waals surface area (Å²) in [5, 5.41) is 16.7. The number of benzene rings is 1. The Morgan fingerprint density at radius 1 is 1.42 bits per heavy atom. The number of rotatable bonds is 4. The molecule has 9 heteroatoms. The Bertz CT molecular complexity index is 781. The number of carbonyl (C=O) groups is 1. The van der Waals surface area contributed by atoms with Gasteiger partial charge in [-0.2, -0.15) is 5.10 Å². The highest BCUT2D eigenvalue weighted by Gasteiger charge is 2.51. The number of halogens is 2. The number of aliphatic hydroxyl groups is 1. The van der Waals surface area contributed by atoms with Crippen LogP contribution < -0.4 is 5.01 Å². The van der Waals surface area contributed by atoms with E-state index in [0.29, 0.717) is 11.3 Å². The molecule has 1 N–H and O–H groups in total. The van der Waals surface area contributed by atoms with Gasteiger partial charge < -0.3 is 9.84 Å². The third kappa shape index (κ3) is 2.76. The Kier molecular flexibility index (Phi) is 4.29. The molecule has 0 amide bonds. The number of ether oxygens (including phenoxy) is 1. The molecular weight excluding hydrogens is 340 g/mol. The highest BCUT2D eigenvalue weighted by Crippen LogP contribution is 2.38. The second kappa shape index (κ2) is 6.25. The van der Waals surface area contributed by atoms with E-state index in [2.05, 4.69) is 14.8 Å². The summed E-state index contributed by atoms with van der Waals surface area (Å²) in [6.45, 7) is 0. The Labute approximate surface area is 140 Å². The summed E-state index contributed by atoms with van der Waals surface area (Å²) in [5.41, 5.74) is -1.61. The number of alkyl halides is 2. The number of thiazole rings is 1. The van der Waals surface area contributed by atoms with Crippen molar-refractivity contribution < 1.29 is 23.4 Å². The van der Waals surface area contributed by atoms with Crippen LogP contribution in [0.1, 0.15) is 22.5 Å². The fourth-order valence-corrected chi connectivity index (χ4v) is 3.11. The van der Waals surface area contributed by atoms with Gasteiger partial charge in [-0.3, -0.25) is 0 Å². The van der Waals surface area contributed by atoms with Crippen molar-refractivity contribution in [1.82, 2.24) is 4.98 Å². The summed E-state index contributed by atoms with van der Waals surface area (Å²) in [6.07, 6.45) is -3.44. The molecule has 1 unspecified atom stereocenters. The maximum absolute atomic E-state index is 13.5. The summed E-state index contributed by atoms with van der Waals surface area (Å²) in [5.74, 6) is -0.690. The van der Waals surface area contributed by atoms with Crippen molar-refractivity contribution in [3.63, 3.8) is 0 Å². The van der Waals surface area contributed by atoms with Gasteiger partial charge in [-0.1, -0.05) is 30.3 Å². The number of carbonyl (C=O) groups excluding carboxylic acids is 1. The van der Waals surface area contributed by atoms with E-state index in [1.165, 1.54) is 12.5 Å². The van der Waals surface area contributed by atoms with E-state index in [1.54, 1.807) is 30.3 Å². The number of esters is 1. The summed E-state index contributed by atoms with van der Waals surface area (Å²) >= 11 is 0.921. The van der Waals surface area contributed by atoms with Crippen molar-refractivity contribution in [2.75, 3.05) is 12.1 Å². The molecule has 0 bridgehead atoms. The lowest BCUT2D eigenvalue weighted by atomic mass is 10.0. The normalized spacial score (nSPS) is 20.4. The molecule has 3 rings (SSSR count). The predicted octanol–water partition coefficient (Wildman–Crippen LogP) is 2.50. The van der Waals surface area contributed by atoms with E-state index in [-0.39, 0.29) is 17.2 Å². The number of hydrogen-bond acceptors (Lipinski definition) is 7. The molecule has 126 valence electrons. The third-order valence-electron chi connectivity index (χ3n) is 3.54. The zero-order valence-corrected chi connectivity index (χ0v) is 13.3. The minimum Gasteiger partial charge on any atom is -0.464 e. The largest absolute Gasteiger partial charge is 0.464 e. The highest BCUT2D eigenvalue weighted by atomic mass is 32.1. The van der Waals surface area contributed by atoms with Crippen molar-refractivity contribution in [2.24, 2.45) is 5.10 Å². The summed E-state index contributed by atoms with van der Waals surface area (Å²) in [6, 6.07) is 8.73. The molecule has 1 aliphatic heterocycles. The first kappa shape index (κ1) is 16.5. The molecule has 0 aliphatic carbocycles. The average molecular weight is 353 g/mol. The van der Waals surface area contributed by atoms with Gasteiger partial charge in [0.05, 0.1) is 12.8 Å². The molecule has 0 spiro atoms. The van der Waals surface area contributed by atoms with E-state index < -0.39 is 18.1 Å². The van der Waals surface area contributed by atoms with Crippen molar-refractivity contribution in [3.05, 3.63) is 47.0 Å². The standard InChI is InChI=1S/C15H13F2N3O3S/c1-23-12(21)11-8-24-14(18-11)20-15(22,13(16)17)7-10(19-20)9-5-3-2-4-6-9/h2-6,8,13,22H,7H2,1H3. The molecule has 6 nitrogen and oxygen atoms in total. The summed E-state index contributed by atoms with van der Waals surface area (Å²) in [7, 11) is 1.19. The monoisotopic (exact) mass is 353 g/mol. The number of aromatic nitrogens is 1. The van der Waals surface area contributed by atoms with Crippen LogP contribution in [-0.2, 0) is 4.74 Å². The summed E-state index contributed by atoms with van der Waals surface area (Å²) in [4.78, 5) is 15.4. The second-order valence-electron chi connectivity index (χ2n) is 5.09. The quantitative estimate of drug-likeness (QED) is 0.855. The first-order valence-electron chi connectivity index (χ1n) is 6.93. The van der Waals surface area contributed by atoms with Crippen molar-refractivity contribution >= 4 is 28.1 Å². The van der Waals surface area contributed by atoms with Gasteiger partial charge in [-0.15, -0.1) is 11.3 Å². The van der Waals surface area contributed by atoms with Crippen LogP contribution in [0.15, 0.2) is 40.8 Å². The Balaban J connectivity index is 2.00. The number of hydrogen-bond donors (Lipinski definition) is 1. The maximum atomic E-state index is 13.5. The Hall–Kier alpha value is -2.39. The maximum Gasteiger partial charge on any atom is 0.357 e. The number of nitrogens with zero attached hydrogens (tertiary/aromatic N) is 3. The van der Waals surface area contributed by atoms with Crippen LogP contribution >= 0.6 is 11.3 Å². The molecular formula is C15H13F2N3O3S. The zero-order chi connectivity index (χ0) is 17.3. The van der Waals surface area contributed by atoms with Crippen molar-refractivity contribution in [2.45, 2.75) is 18.6 Å². The number of anilines is 1. The predicted molar refractivity (Wildman–Crippen MR) is 84.5 cm³/mol. The minimum atomic E-state index is -3.08. The Morgan fingerprint density at radius 3 is 2.75 bits per heavy atom. The highest BCUT2D eigenvalue weighted by molar-refractivity contribution is 7.14. The fourth-order valence-electron chi connectivity index (χ4n) is 2.29. The van der Waals surface area contributed by atoms with Gasteiger partial charge in [0, 0.05) is 11.8 Å². The van der Waals surface area contributed by atoms with E-state index in [1.807, 2.05) is 0 Å². The average Bonchev–Trinajstić information content (AvgIpc) is 3.20. The fraction of sp³-hybridized carbons (Fsp3) is 0.267. The molecule has 0 fully saturated rings. The molecule has 0 saturated carbocycles. The van der Waals surface area contributed by atoms with E-state index >= 15 is 0 Å². The van der Waals surface area contributed by atoms with Gasteiger partial charge in [-0.25, -0.2) is 23.6 Å².